The topological polar surface area (TPSA) is 17.1 Å². The second-order valence-corrected chi connectivity index (χ2v) is 10.0. The van der Waals surface area contributed by atoms with Gasteiger partial charge in [-0.25, -0.2) is 0 Å². The molecule has 2 unspecified atom stereocenters. The van der Waals surface area contributed by atoms with E-state index in [0.717, 1.165) is 30.6 Å². The average molecular weight is 353 g/mol. The van der Waals surface area contributed by atoms with Gasteiger partial charge in [-0.3, -0.25) is 4.79 Å². The Kier molecular flexibility index (Phi) is 3.38. The van der Waals surface area contributed by atoms with Crippen molar-refractivity contribution < 1.29 is 4.79 Å². The molecule has 4 saturated carbocycles. The lowest BCUT2D eigenvalue weighted by atomic mass is 9.45. The van der Waals surface area contributed by atoms with E-state index in [-0.39, 0.29) is 10.2 Å². The lowest BCUT2D eigenvalue weighted by Crippen LogP contribution is -2.52. The first-order chi connectivity index (χ1) is 9.97. The zero-order valence-electron chi connectivity index (χ0n) is 13.5. The van der Waals surface area contributed by atoms with Crippen LogP contribution in [0.25, 0.3) is 0 Å². The van der Waals surface area contributed by atoms with Crippen LogP contribution in [0, 0.1) is 34.5 Å². The van der Waals surface area contributed by atoms with Crippen LogP contribution < -0.4 is 0 Å². The van der Waals surface area contributed by atoms with Gasteiger partial charge >= 0.3 is 0 Å². The van der Waals surface area contributed by atoms with E-state index in [1.807, 2.05) is 0 Å². The van der Waals surface area contributed by atoms with Gasteiger partial charge in [0.25, 0.3) is 0 Å². The first kappa shape index (κ1) is 14.7. The molecule has 4 rings (SSSR count). The molecule has 21 heavy (non-hydrogen) atoms. The summed E-state index contributed by atoms with van der Waals surface area (Å²) in [5, 5.41) is 0. The van der Waals surface area contributed by atoms with Crippen molar-refractivity contribution in [2.24, 2.45) is 34.5 Å². The number of fused-ring (bicyclic) bond motifs is 5. The van der Waals surface area contributed by atoms with Crippen molar-refractivity contribution in [1.82, 2.24) is 0 Å². The SMILES string of the molecule is C[C@]12CCCCC1CC[C@@H]1[C@H]2CC[C@]2(C)C(=O)C(Br)C[C@@H]12. The molecule has 0 aromatic carbocycles. The highest BCUT2D eigenvalue weighted by atomic mass is 79.9. The molecule has 0 N–H and O–H groups in total. The molecule has 0 spiro atoms. The molecule has 0 saturated heterocycles. The summed E-state index contributed by atoms with van der Waals surface area (Å²) in [5.74, 6) is 3.89. The molecular weight excluding hydrogens is 324 g/mol. The maximum Gasteiger partial charge on any atom is 0.152 e. The van der Waals surface area contributed by atoms with Gasteiger partial charge in [0, 0.05) is 5.41 Å². The fourth-order valence-corrected chi connectivity index (χ4v) is 7.97. The van der Waals surface area contributed by atoms with Crippen molar-refractivity contribution in [3.05, 3.63) is 0 Å². The van der Waals surface area contributed by atoms with Crippen LogP contribution in [0.4, 0.5) is 0 Å². The molecule has 118 valence electrons. The van der Waals surface area contributed by atoms with Crippen LogP contribution in [0.15, 0.2) is 0 Å². The number of carbonyl (C=O) groups is 1. The summed E-state index contributed by atoms with van der Waals surface area (Å²) in [5.41, 5.74) is 0.586. The second-order valence-electron chi connectivity index (χ2n) is 8.93. The number of carbonyl (C=O) groups excluding carboxylic acids is 1. The highest BCUT2D eigenvalue weighted by Gasteiger charge is 2.61. The zero-order valence-corrected chi connectivity index (χ0v) is 15.1. The maximum atomic E-state index is 12.7. The fourth-order valence-electron chi connectivity index (χ4n) is 7.04. The quantitative estimate of drug-likeness (QED) is 0.536. The molecule has 0 amide bonds. The third-order valence-corrected chi connectivity index (χ3v) is 9.07. The van der Waals surface area contributed by atoms with Gasteiger partial charge in [0.15, 0.2) is 5.78 Å². The molecule has 7 atom stereocenters. The highest BCUT2D eigenvalue weighted by Crippen LogP contribution is 2.65. The van der Waals surface area contributed by atoms with Crippen molar-refractivity contribution in [3.63, 3.8) is 0 Å². The van der Waals surface area contributed by atoms with Gasteiger partial charge in [-0.2, -0.15) is 0 Å². The molecule has 2 heteroatoms. The van der Waals surface area contributed by atoms with Crippen molar-refractivity contribution in [3.8, 4) is 0 Å². The Bertz CT molecular complexity index is 460. The van der Waals surface area contributed by atoms with Gasteiger partial charge in [-0.1, -0.05) is 42.6 Å². The van der Waals surface area contributed by atoms with E-state index in [2.05, 4.69) is 29.8 Å². The van der Waals surface area contributed by atoms with Gasteiger partial charge in [0.05, 0.1) is 4.83 Å². The Morgan fingerprint density at radius 2 is 1.81 bits per heavy atom. The van der Waals surface area contributed by atoms with E-state index < -0.39 is 0 Å². The third-order valence-electron chi connectivity index (χ3n) is 8.28. The summed E-state index contributed by atoms with van der Waals surface area (Å²) >= 11 is 3.68. The van der Waals surface area contributed by atoms with Crippen LogP contribution in [0.1, 0.15) is 71.6 Å². The monoisotopic (exact) mass is 352 g/mol. The van der Waals surface area contributed by atoms with Crippen molar-refractivity contribution in [1.29, 1.82) is 0 Å². The predicted octanol–water partition coefficient (Wildman–Crippen LogP) is 5.36. The molecule has 0 radical (unpaired) electrons. The van der Waals surface area contributed by atoms with Gasteiger partial charge in [-0.15, -0.1) is 0 Å². The molecule has 0 aliphatic heterocycles. The molecule has 1 nitrogen and oxygen atoms in total. The standard InChI is InChI=1S/C19H29BrO/c1-18-9-4-3-5-12(18)6-7-13-14(18)8-10-19(2)15(13)11-16(20)17(19)21/h12-16H,3-11H2,1-2H3/t12?,13-,14-,15+,16?,18+,19+/m1/s1. The number of rotatable bonds is 0. The number of ketones is 1. The van der Waals surface area contributed by atoms with Crippen molar-refractivity contribution in [2.45, 2.75) is 76.5 Å². The molecule has 0 aromatic heterocycles. The number of alkyl halides is 1. The Balaban J connectivity index is 1.67. The summed E-state index contributed by atoms with van der Waals surface area (Å²) in [6, 6.07) is 0. The Morgan fingerprint density at radius 1 is 1.00 bits per heavy atom. The number of halogens is 1. The number of Topliss-reactive ketones (excluding diaryl/α,β-unsaturated/α-hetero) is 1. The summed E-state index contributed by atoms with van der Waals surface area (Å²) in [4.78, 5) is 12.8. The molecular formula is C19H29BrO. The minimum atomic E-state index is -0.00675. The second kappa shape index (κ2) is 4.82. The van der Waals surface area contributed by atoms with E-state index >= 15 is 0 Å². The molecule has 0 heterocycles. The third kappa shape index (κ3) is 1.90. The minimum Gasteiger partial charge on any atom is -0.298 e. The van der Waals surface area contributed by atoms with Crippen LogP contribution in [-0.2, 0) is 4.79 Å². The maximum absolute atomic E-state index is 12.7. The lowest BCUT2D eigenvalue weighted by molar-refractivity contribution is -0.138. The first-order valence-corrected chi connectivity index (χ1v) is 10.1. The first-order valence-electron chi connectivity index (χ1n) is 9.15. The van der Waals surface area contributed by atoms with Crippen molar-refractivity contribution >= 4 is 21.7 Å². The number of hydrogen-bond donors (Lipinski definition) is 0. The minimum absolute atomic E-state index is 0.00675. The molecule has 4 fully saturated rings. The van der Waals surface area contributed by atoms with Crippen molar-refractivity contribution in [2.75, 3.05) is 0 Å². The number of hydrogen-bond acceptors (Lipinski definition) is 1. The Morgan fingerprint density at radius 3 is 2.62 bits per heavy atom. The average Bonchev–Trinajstić information content (AvgIpc) is 2.70. The van der Waals surface area contributed by atoms with Crippen LogP contribution in [0.2, 0.25) is 0 Å². The van der Waals surface area contributed by atoms with Gasteiger partial charge < -0.3 is 0 Å². The van der Waals surface area contributed by atoms with Gasteiger partial charge in [-0.05, 0) is 74.0 Å². The van der Waals surface area contributed by atoms with E-state index in [1.165, 1.54) is 44.9 Å². The van der Waals surface area contributed by atoms with Crippen LogP contribution in [0.3, 0.4) is 0 Å². The van der Waals surface area contributed by atoms with E-state index in [1.54, 1.807) is 0 Å². The fraction of sp³-hybridized carbons (Fsp3) is 0.947. The smallest absolute Gasteiger partial charge is 0.152 e. The van der Waals surface area contributed by atoms with E-state index in [9.17, 15) is 4.79 Å². The summed E-state index contributed by atoms with van der Waals surface area (Å²) in [6.07, 6.45) is 12.2. The molecule has 0 aromatic rings. The van der Waals surface area contributed by atoms with Gasteiger partial charge in [0.1, 0.15) is 0 Å². The predicted molar refractivity (Wildman–Crippen MR) is 89.4 cm³/mol. The molecule has 4 aliphatic rings. The Hall–Kier alpha value is 0.150. The molecule has 0 bridgehead atoms. The van der Waals surface area contributed by atoms with Crippen LogP contribution >= 0.6 is 15.9 Å². The zero-order chi connectivity index (χ0) is 14.8. The highest BCUT2D eigenvalue weighted by molar-refractivity contribution is 9.10. The lowest BCUT2D eigenvalue weighted by Gasteiger charge is -2.59. The summed E-state index contributed by atoms with van der Waals surface area (Å²) in [7, 11) is 0. The van der Waals surface area contributed by atoms with E-state index in [4.69, 9.17) is 0 Å². The normalized spacial score (nSPS) is 56.5. The summed E-state index contributed by atoms with van der Waals surface area (Å²) in [6.45, 7) is 4.89. The van der Waals surface area contributed by atoms with Crippen LogP contribution in [-0.4, -0.2) is 10.6 Å². The molecule has 4 aliphatic carbocycles. The largest absolute Gasteiger partial charge is 0.298 e. The van der Waals surface area contributed by atoms with Gasteiger partial charge in [0.2, 0.25) is 0 Å². The van der Waals surface area contributed by atoms with Crippen LogP contribution in [0.5, 0.6) is 0 Å². The summed E-state index contributed by atoms with van der Waals surface area (Å²) < 4.78 is 0. The Labute approximate surface area is 137 Å². The van der Waals surface area contributed by atoms with E-state index in [0.29, 0.717) is 17.1 Å².